The number of carbonyl (C=O) groups is 1. The topological polar surface area (TPSA) is 57.7 Å². The van der Waals surface area contributed by atoms with Crippen LogP contribution in [0.3, 0.4) is 0 Å². The van der Waals surface area contributed by atoms with Gasteiger partial charge in [0.25, 0.3) is 0 Å². The predicted octanol–water partition coefficient (Wildman–Crippen LogP) is 2.33. The fraction of sp³-hybridized carbons (Fsp3) is 0.533. The van der Waals surface area contributed by atoms with Gasteiger partial charge in [-0.3, -0.25) is 4.79 Å². The molecule has 1 saturated heterocycles. The summed E-state index contributed by atoms with van der Waals surface area (Å²) in [6, 6.07) is 4.33. The number of benzene rings is 1. The largest absolute Gasteiger partial charge is 0.341 e. The maximum absolute atomic E-state index is 12.9. The van der Waals surface area contributed by atoms with Gasteiger partial charge >= 0.3 is 0 Å². The molecule has 1 heterocycles. The summed E-state index contributed by atoms with van der Waals surface area (Å²) in [4.78, 5) is 14.5. The van der Waals surface area contributed by atoms with Crippen molar-refractivity contribution in [2.45, 2.75) is 36.7 Å². The van der Waals surface area contributed by atoms with Gasteiger partial charge in [0, 0.05) is 23.9 Å². The summed E-state index contributed by atoms with van der Waals surface area (Å²) in [5.41, 5.74) is 0.822. The highest BCUT2D eigenvalue weighted by molar-refractivity contribution is 8.00. The second-order valence-electron chi connectivity index (χ2n) is 6.00. The van der Waals surface area contributed by atoms with Gasteiger partial charge in [-0.1, -0.05) is 17.7 Å². The Morgan fingerprint density at radius 3 is 2.70 bits per heavy atom. The first-order valence-electron chi connectivity index (χ1n) is 7.45. The average Bonchev–Trinajstić information content (AvgIpc) is 3.24. The number of amides is 1. The predicted molar refractivity (Wildman–Crippen MR) is 92.1 cm³/mol. The van der Waals surface area contributed by atoms with Crippen LogP contribution in [0.25, 0.3) is 0 Å². The van der Waals surface area contributed by atoms with E-state index in [2.05, 4.69) is 0 Å². The number of thioether (sulfide) groups is 1. The van der Waals surface area contributed by atoms with E-state index >= 15 is 0 Å². The van der Waals surface area contributed by atoms with Crippen LogP contribution in [0.4, 0.5) is 0 Å². The van der Waals surface area contributed by atoms with Crippen LogP contribution >= 0.6 is 23.4 Å². The van der Waals surface area contributed by atoms with Crippen molar-refractivity contribution in [2.75, 3.05) is 18.7 Å². The number of nitrogens with zero attached hydrogens (tertiary/aromatic N) is 2. The minimum Gasteiger partial charge on any atom is -0.341 e. The SMILES string of the molecule is Cc1ccc(S(=O)(=O)N2CSC[C@@H]2C(=O)N(C)C2CC2)cc1Cl. The second kappa shape index (κ2) is 6.27. The molecule has 0 bridgehead atoms. The fourth-order valence-electron chi connectivity index (χ4n) is 2.61. The molecule has 0 spiro atoms. The highest BCUT2D eigenvalue weighted by Gasteiger charge is 2.43. The Labute approximate surface area is 146 Å². The van der Waals surface area contributed by atoms with E-state index in [-0.39, 0.29) is 16.8 Å². The summed E-state index contributed by atoms with van der Waals surface area (Å²) in [5, 5.41) is 0.413. The van der Waals surface area contributed by atoms with E-state index in [0.717, 1.165) is 18.4 Å². The molecule has 23 heavy (non-hydrogen) atoms. The van der Waals surface area contributed by atoms with Crippen molar-refractivity contribution in [3.63, 3.8) is 0 Å². The smallest absolute Gasteiger partial charge is 0.244 e. The first-order valence-corrected chi connectivity index (χ1v) is 10.4. The Hall–Kier alpha value is -0.760. The highest BCUT2D eigenvalue weighted by Crippen LogP contribution is 2.33. The van der Waals surface area contributed by atoms with Crippen LogP contribution in [-0.2, 0) is 14.8 Å². The first kappa shape index (κ1) is 17.1. The lowest BCUT2D eigenvalue weighted by Gasteiger charge is -2.27. The van der Waals surface area contributed by atoms with Crippen LogP contribution in [-0.4, -0.2) is 54.3 Å². The Bertz CT molecular complexity index is 734. The van der Waals surface area contributed by atoms with Crippen molar-refractivity contribution < 1.29 is 13.2 Å². The lowest BCUT2D eigenvalue weighted by molar-refractivity contribution is -0.133. The minimum atomic E-state index is -3.73. The standard InChI is InChI=1S/C15H19ClN2O3S2/c1-10-3-6-12(7-13(10)16)23(20,21)18-9-22-8-14(18)15(19)17(2)11-4-5-11/h3,6-7,11,14H,4-5,8-9H2,1-2H3/t14-/m1/s1. The highest BCUT2D eigenvalue weighted by atomic mass is 35.5. The maximum Gasteiger partial charge on any atom is 0.244 e. The average molecular weight is 375 g/mol. The van der Waals surface area contributed by atoms with E-state index in [9.17, 15) is 13.2 Å². The Balaban J connectivity index is 1.88. The number of sulfonamides is 1. The van der Waals surface area contributed by atoms with Crippen molar-refractivity contribution in [3.8, 4) is 0 Å². The van der Waals surface area contributed by atoms with Crippen LogP contribution in [0, 0.1) is 6.92 Å². The molecule has 3 rings (SSSR count). The molecule has 1 amide bonds. The molecule has 5 nitrogen and oxygen atoms in total. The third-order valence-corrected chi connectivity index (χ3v) is 7.75. The van der Waals surface area contributed by atoms with Crippen molar-refractivity contribution in [3.05, 3.63) is 28.8 Å². The number of halogens is 1. The van der Waals surface area contributed by atoms with Gasteiger partial charge < -0.3 is 4.90 Å². The lowest BCUT2D eigenvalue weighted by atomic mass is 10.2. The van der Waals surface area contributed by atoms with Crippen molar-refractivity contribution in [1.29, 1.82) is 0 Å². The quantitative estimate of drug-likeness (QED) is 0.811. The molecular weight excluding hydrogens is 356 g/mol. The zero-order valence-electron chi connectivity index (χ0n) is 13.0. The second-order valence-corrected chi connectivity index (χ2v) is 9.30. The van der Waals surface area contributed by atoms with E-state index in [1.54, 1.807) is 24.1 Å². The number of rotatable bonds is 4. The zero-order chi connectivity index (χ0) is 16.8. The molecule has 8 heteroatoms. The van der Waals surface area contributed by atoms with Crippen molar-refractivity contribution >= 4 is 39.3 Å². The van der Waals surface area contributed by atoms with Gasteiger partial charge in [0.1, 0.15) is 6.04 Å². The number of hydrogen-bond acceptors (Lipinski definition) is 4. The van der Waals surface area contributed by atoms with Gasteiger partial charge in [-0.05, 0) is 37.5 Å². The fourth-order valence-corrected chi connectivity index (χ4v) is 6.01. The molecule has 1 aromatic carbocycles. The first-order chi connectivity index (χ1) is 10.8. The molecule has 0 aromatic heterocycles. The minimum absolute atomic E-state index is 0.112. The van der Waals surface area contributed by atoms with E-state index in [4.69, 9.17) is 11.6 Å². The maximum atomic E-state index is 12.9. The summed E-state index contributed by atoms with van der Waals surface area (Å²) >= 11 is 7.53. The number of carbonyl (C=O) groups excluding carboxylic acids is 1. The number of likely N-dealkylation sites (N-methyl/N-ethyl adjacent to an activating group) is 1. The summed E-state index contributed by atoms with van der Waals surface area (Å²) in [7, 11) is -1.97. The van der Waals surface area contributed by atoms with Gasteiger partial charge in [0.15, 0.2) is 0 Å². The van der Waals surface area contributed by atoms with Crippen LogP contribution in [0.15, 0.2) is 23.1 Å². The Morgan fingerprint density at radius 1 is 1.39 bits per heavy atom. The van der Waals surface area contributed by atoms with Crippen LogP contribution in [0.1, 0.15) is 18.4 Å². The molecule has 0 unspecified atom stereocenters. The van der Waals surface area contributed by atoms with Crippen molar-refractivity contribution in [2.24, 2.45) is 0 Å². The summed E-state index contributed by atoms with van der Waals surface area (Å²) in [5.74, 6) is 0.677. The molecule has 126 valence electrons. The number of aryl methyl sites for hydroxylation is 1. The van der Waals surface area contributed by atoms with Gasteiger partial charge in [-0.2, -0.15) is 4.31 Å². The third kappa shape index (κ3) is 3.24. The van der Waals surface area contributed by atoms with Gasteiger partial charge in [-0.25, -0.2) is 8.42 Å². The monoisotopic (exact) mass is 374 g/mol. The van der Waals surface area contributed by atoms with Crippen LogP contribution in [0.5, 0.6) is 0 Å². The van der Waals surface area contributed by atoms with Gasteiger partial charge in [-0.15, -0.1) is 11.8 Å². The number of hydrogen-bond donors (Lipinski definition) is 0. The van der Waals surface area contributed by atoms with Gasteiger partial charge in [0.05, 0.1) is 10.8 Å². The van der Waals surface area contributed by atoms with Crippen LogP contribution < -0.4 is 0 Å². The summed E-state index contributed by atoms with van der Waals surface area (Å²) in [6.45, 7) is 1.82. The summed E-state index contributed by atoms with van der Waals surface area (Å²) < 4.78 is 27.1. The van der Waals surface area contributed by atoms with E-state index in [1.165, 1.54) is 22.1 Å². The third-order valence-electron chi connectivity index (χ3n) is 4.32. The lowest BCUT2D eigenvalue weighted by Crippen LogP contribution is -2.48. The van der Waals surface area contributed by atoms with Crippen LogP contribution in [0.2, 0.25) is 5.02 Å². The van der Waals surface area contributed by atoms with Crippen molar-refractivity contribution in [1.82, 2.24) is 9.21 Å². The van der Waals surface area contributed by atoms with E-state index in [1.807, 2.05) is 6.92 Å². The molecule has 1 saturated carbocycles. The van der Waals surface area contributed by atoms with Gasteiger partial charge in [0.2, 0.25) is 15.9 Å². The normalized spacial score (nSPS) is 22.3. The molecule has 2 aliphatic rings. The van der Waals surface area contributed by atoms with E-state index < -0.39 is 16.1 Å². The molecule has 1 aliphatic heterocycles. The summed E-state index contributed by atoms with van der Waals surface area (Å²) in [6.07, 6.45) is 2.00. The molecule has 0 N–H and O–H groups in total. The Morgan fingerprint density at radius 2 is 2.09 bits per heavy atom. The molecule has 1 atom stereocenters. The zero-order valence-corrected chi connectivity index (χ0v) is 15.4. The molecule has 2 fully saturated rings. The Kier molecular flexibility index (Phi) is 4.66. The molecule has 1 aliphatic carbocycles. The molecular formula is C15H19ClN2O3S2. The molecule has 1 aromatic rings. The molecule has 0 radical (unpaired) electrons. The van der Waals surface area contributed by atoms with E-state index in [0.29, 0.717) is 16.7 Å².